The minimum absolute atomic E-state index is 0.544. The van der Waals surface area contributed by atoms with Gasteiger partial charge in [-0.3, -0.25) is 4.90 Å². The summed E-state index contributed by atoms with van der Waals surface area (Å²) in [4.78, 5) is 13.2. The number of aromatic nitrogens is 3. The van der Waals surface area contributed by atoms with Gasteiger partial charge in [-0.15, -0.1) is 0 Å². The summed E-state index contributed by atoms with van der Waals surface area (Å²) in [5, 5.41) is 4.35. The van der Waals surface area contributed by atoms with Crippen molar-refractivity contribution >= 4 is 5.82 Å². The van der Waals surface area contributed by atoms with E-state index in [-0.39, 0.29) is 0 Å². The number of rotatable bonds is 4. The van der Waals surface area contributed by atoms with Crippen molar-refractivity contribution in [3.8, 4) is 0 Å². The number of nitrogens with zero attached hydrogens (tertiary/aromatic N) is 5. The number of fused-ring (bicyclic) bond motifs is 1. The minimum Gasteiger partial charge on any atom is -0.361 e. The maximum Gasteiger partial charge on any atom is 0.140 e. The standard InChI is InChI=1S/C18H25N5O/c1-22(18-6-9-19-13-20-18)14-7-10-23(11-8-14)12-16-15-4-2-3-5-17(15)24-21-16/h6,9,13-14H,2-5,7-8,10-12H2,1H3. The Bertz CT molecular complexity index is 663. The average Bonchev–Trinajstić information content (AvgIpc) is 3.06. The molecule has 1 aliphatic heterocycles. The van der Waals surface area contributed by atoms with Crippen molar-refractivity contribution in [2.45, 2.75) is 51.1 Å². The molecule has 2 aromatic rings. The lowest BCUT2D eigenvalue weighted by Crippen LogP contribution is -2.43. The van der Waals surface area contributed by atoms with Gasteiger partial charge in [0.15, 0.2) is 0 Å². The Morgan fingerprint density at radius 2 is 2.08 bits per heavy atom. The van der Waals surface area contributed by atoms with E-state index in [1.807, 2.05) is 12.3 Å². The summed E-state index contributed by atoms with van der Waals surface area (Å²) < 4.78 is 5.55. The van der Waals surface area contributed by atoms with Crippen LogP contribution in [0.2, 0.25) is 0 Å². The van der Waals surface area contributed by atoms with Crippen molar-refractivity contribution in [2.24, 2.45) is 0 Å². The Morgan fingerprint density at radius 1 is 1.25 bits per heavy atom. The van der Waals surface area contributed by atoms with E-state index in [0.29, 0.717) is 6.04 Å². The first-order valence-corrected chi connectivity index (χ1v) is 8.99. The van der Waals surface area contributed by atoms with Crippen LogP contribution in [0.1, 0.15) is 42.7 Å². The van der Waals surface area contributed by atoms with Crippen molar-refractivity contribution in [1.29, 1.82) is 0 Å². The minimum atomic E-state index is 0.544. The first kappa shape index (κ1) is 15.6. The summed E-state index contributed by atoms with van der Waals surface area (Å²) in [7, 11) is 2.14. The van der Waals surface area contributed by atoms with Crippen molar-refractivity contribution in [3.05, 3.63) is 35.6 Å². The molecule has 0 unspecified atom stereocenters. The topological polar surface area (TPSA) is 58.3 Å². The number of anilines is 1. The first-order chi connectivity index (χ1) is 11.8. The lowest BCUT2D eigenvalue weighted by Gasteiger charge is -2.37. The summed E-state index contributed by atoms with van der Waals surface area (Å²) in [6.45, 7) is 3.13. The molecular formula is C18H25N5O. The quantitative estimate of drug-likeness (QED) is 0.860. The zero-order valence-corrected chi connectivity index (χ0v) is 14.3. The molecule has 6 nitrogen and oxygen atoms in total. The smallest absolute Gasteiger partial charge is 0.140 e. The highest BCUT2D eigenvalue weighted by atomic mass is 16.5. The highest BCUT2D eigenvalue weighted by Crippen LogP contribution is 2.26. The Balaban J connectivity index is 1.34. The summed E-state index contributed by atoms with van der Waals surface area (Å²) in [5.41, 5.74) is 2.56. The van der Waals surface area contributed by atoms with E-state index in [9.17, 15) is 0 Å². The predicted octanol–water partition coefficient (Wildman–Crippen LogP) is 2.44. The molecule has 4 rings (SSSR count). The van der Waals surface area contributed by atoms with E-state index < -0.39 is 0 Å². The number of hydrogen-bond donors (Lipinski definition) is 0. The Morgan fingerprint density at radius 3 is 2.88 bits per heavy atom. The van der Waals surface area contributed by atoms with Gasteiger partial charge >= 0.3 is 0 Å². The second-order valence-corrected chi connectivity index (χ2v) is 6.92. The monoisotopic (exact) mass is 327 g/mol. The SMILES string of the molecule is CN(c1ccncn1)C1CCN(Cc2noc3c2CCCC3)CC1. The number of aryl methyl sites for hydroxylation is 1. The molecule has 0 saturated carbocycles. The van der Waals surface area contributed by atoms with Crippen LogP contribution in [-0.2, 0) is 19.4 Å². The van der Waals surface area contributed by atoms with E-state index >= 15 is 0 Å². The third-order valence-corrected chi connectivity index (χ3v) is 5.44. The Labute approximate surface area is 142 Å². The van der Waals surface area contributed by atoms with Crippen LogP contribution in [0.15, 0.2) is 23.1 Å². The summed E-state index contributed by atoms with van der Waals surface area (Å²) in [6, 6.07) is 2.52. The molecule has 0 N–H and O–H groups in total. The lowest BCUT2D eigenvalue weighted by atomic mass is 9.96. The van der Waals surface area contributed by atoms with Crippen LogP contribution in [0.5, 0.6) is 0 Å². The van der Waals surface area contributed by atoms with E-state index in [2.05, 4.69) is 32.0 Å². The van der Waals surface area contributed by atoms with Crippen molar-refractivity contribution in [3.63, 3.8) is 0 Å². The first-order valence-electron chi connectivity index (χ1n) is 8.99. The average molecular weight is 327 g/mol. The van der Waals surface area contributed by atoms with Gasteiger partial charge in [0.2, 0.25) is 0 Å². The van der Waals surface area contributed by atoms with E-state index in [4.69, 9.17) is 4.52 Å². The molecule has 6 heteroatoms. The molecule has 0 spiro atoms. The molecule has 1 aliphatic carbocycles. The molecule has 1 saturated heterocycles. The fourth-order valence-corrected chi connectivity index (χ4v) is 3.93. The van der Waals surface area contributed by atoms with Gasteiger partial charge in [-0.05, 0) is 38.2 Å². The number of piperidine rings is 1. The second kappa shape index (κ2) is 6.89. The molecule has 1 fully saturated rings. The third kappa shape index (κ3) is 3.15. The number of hydrogen-bond acceptors (Lipinski definition) is 6. The van der Waals surface area contributed by atoms with Gasteiger partial charge in [0, 0.05) is 50.9 Å². The second-order valence-electron chi connectivity index (χ2n) is 6.92. The Hall–Kier alpha value is -1.95. The maximum absolute atomic E-state index is 5.55. The zero-order chi connectivity index (χ0) is 16.4. The molecule has 24 heavy (non-hydrogen) atoms. The van der Waals surface area contributed by atoms with Crippen LogP contribution >= 0.6 is 0 Å². The number of likely N-dealkylation sites (tertiary alicyclic amines) is 1. The van der Waals surface area contributed by atoms with Crippen LogP contribution in [0.25, 0.3) is 0 Å². The highest BCUT2D eigenvalue weighted by molar-refractivity contribution is 5.36. The van der Waals surface area contributed by atoms with Crippen molar-refractivity contribution in [2.75, 3.05) is 25.0 Å². The lowest BCUT2D eigenvalue weighted by molar-refractivity contribution is 0.197. The third-order valence-electron chi connectivity index (χ3n) is 5.44. The Kier molecular flexibility index (Phi) is 4.47. The van der Waals surface area contributed by atoms with Gasteiger partial charge in [0.05, 0.1) is 0 Å². The van der Waals surface area contributed by atoms with Gasteiger partial charge in [-0.25, -0.2) is 9.97 Å². The van der Waals surface area contributed by atoms with Crippen LogP contribution in [0.4, 0.5) is 5.82 Å². The van der Waals surface area contributed by atoms with E-state index in [1.165, 1.54) is 24.1 Å². The van der Waals surface area contributed by atoms with Crippen molar-refractivity contribution < 1.29 is 4.52 Å². The fraction of sp³-hybridized carbons (Fsp3) is 0.611. The summed E-state index contributed by atoms with van der Waals surface area (Å²) in [6.07, 6.45) is 10.4. The highest BCUT2D eigenvalue weighted by Gasteiger charge is 2.26. The van der Waals surface area contributed by atoms with Crippen LogP contribution < -0.4 is 4.90 Å². The zero-order valence-electron chi connectivity index (χ0n) is 14.3. The molecule has 0 aromatic carbocycles. The van der Waals surface area contributed by atoms with E-state index in [1.54, 1.807) is 6.33 Å². The molecular weight excluding hydrogens is 302 g/mol. The normalized spacial score (nSPS) is 19.2. The maximum atomic E-state index is 5.55. The van der Waals surface area contributed by atoms with Gasteiger partial charge < -0.3 is 9.42 Å². The fourth-order valence-electron chi connectivity index (χ4n) is 3.93. The van der Waals surface area contributed by atoms with Gasteiger partial charge in [0.25, 0.3) is 0 Å². The summed E-state index contributed by atoms with van der Waals surface area (Å²) in [5.74, 6) is 2.14. The summed E-state index contributed by atoms with van der Waals surface area (Å²) >= 11 is 0. The van der Waals surface area contributed by atoms with Crippen LogP contribution in [0.3, 0.4) is 0 Å². The molecule has 0 radical (unpaired) electrons. The van der Waals surface area contributed by atoms with Crippen LogP contribution in [0, 0.1) is 0 Å². The molecule has 128 valence electrons. The molecule has 0 amide bonds. The van der Waals surface area contributed by atoms with E-state index in [0.717, 1.165) is 56.9 Å². The van der Waals surface area contributed by atoms with Gasteiger partial charge in [0.1, 0.15) is 23.6 Å². The predicted molar refractivity (Wildman–Crippen MR) is 91.9 cm³/mol. The van der Waals surface area contributed by atoms with Gasteiger partial charge in [-0.2, -0.15) is 0 Å². The molecule has 3 heterocycles. The largest absolute Gasteiger partial charge is 0.361 e. The molecule has 2 aliphatic rings. The van der Waals surface area contributed by atoms with Gasteiger partial charge in [-0.1, -0.05) is 5.16 Å². The van der Waals surface area contributed by atoms with Crippen LogP contribution in [-0.4, -0.2) is 46.2 Å². The van der Waals surface area contributed by atoms with Crippen molar-refractivity contribution in [1.82, 2.24) is 20.0 Å². The molecule has 0 bridgehead atoms. The molecule has 2 aromatic heterocycles. The molecule has 0 atom stereocenters.